The van der Waals surface area contributed by atoms with Crippen molar-refractivity contribution in [2.45, 2.75) is 69.8 Å². The smallest absolute Gasteiger partial charge is 0.155 e. The third-order valence-electron chi connectivity index (χ3n) is 9.36. The van der Waals surface area contributed by atoms with Gasteiger partial charge in [-0.3, -0.25) is 4.79 Å². The van der Waals surface area contributed by atoms with Crippen LogP contribution in [0.2, 0.25) is 0 Å². The number of rotatable bonds is 3. The SMILES string of the molecule is C[C@]12CCC(=O)C=C1[C@@H](CSc1ccc(O)cc1)C[C@@H]1[C@@H]2CC[C@]2(C)C(O)CC[C@@H]12. The number of fused-ring (bicyclic) bond motifs is 5. The molecule has 3 saturated carbocycles. The number of carbonyl (C=O) groups is 1. The fourth-order valence-corrected chi connectivity index (χ4v) is 8.69. The van der Waals surface area contributed by atoms with Gasteiger partial charge in [0.1, 0.15) is 5.75 Å². The topological polar surface area (TPSA) is 57.5 Å². The fraction of sp³-hybridized carbons (Fsp3) is 0.654. The normalized spacial score (nSPS) is 42.8. The molecule has 0 aromatic heterocycles. The molecule has 0 radical (unpaired) electrons. The minimum Gasteiger partial charge on any atom is -0.508 e. The first-order valence-electron chi connectivity index (χ1n) is 11.7. The second-order valence-corrected chi connectivity index (χ2v) is 11.8. The monoisotopic (exact) mass is 426 g/mol. The summed E-state index contributed by atoms with van der Waals surface area (Å²) < 4.78 is 0. The van der Waals surface area contributed by atoms with E-state index in [0.29, 0.717) is 41.6 Å². The van der Waals surface area contributed by atoms with Crippen LogP contribution in [-0.2, 0) is 4.79 Å². The number of phenolic OH excluding ortho intramolecular Hbond substituents is 1. The van der Waals surface area contributed by atoms with Gasteiger partial charge in [0.2, 0.25) is 0 Å². The van der Waals surface area contributed by atoms with E-state index < -0.39 is 0 Å². The van der Waals surface area contributed by atoms with Crippen LogP contribution in [0.25, 0.3) is 0 Å². The maximum atomic E-state index is 12.4. The molecule has 2 N–H and O–H groups in total. The van der Waals surface area contributed by atoms with Gasteiger partial charge in [-0.1, -0.05) is 19.4 Å². The van der Waals surface area contributed by atoms with E-state index in [1.54, 1.807) is 12.1 Å². The van der Waals surface area contributed by atoms with E-state index in [-0.39, 0.29) is 16.9 Å². The van der Waals surface area contributed by atoms with E-state index in [9.17, 15) is 15.0 Å². The molecule has 1 aromatic carbocycles. The van der Waals surface area contributed by atoms with Gasteiger partial charge >= 0.3 is 0 Å². The van der Waals surface area contributed by atoms with Gasteiger partial charge in [0.05, 0.1) is 6.10 Å². The number of ketones is 1. The van der Waals surface area contributed by atoms with Crippen molar-refractivity contribution in [3.63, 3.8) is 0 Å². The van der Waals surface area contributed by atoms with E-state index in [1.807, 2.05) is 30.0 Å². The number of hydrogen-bond donors (Lipinski definition) is 2. The summed E-state index contributed by atoms with van der Waals surface area (Å²) in [5.41, 5.74) is 1.62. The first-order chi connectivity index (χ1) is 14.3. The molecule has 0 amide bonds. The number of benzene rings is 1. The highest BCUT2D eigenvalue weighted by Crippen LogP contribution is 2.66. The second-order valence-electron chi connectivity index (χ2n) is 10.7. The molecule has 3 nitrogen and oxygen atoms in total. The van der Waals surface area contributed by atoms with Crippen LogP contribution in [0, 0.1) is 34.5 Å². The van der Waals surface area contributed by atoms with E-state index >= 15 is 0 Å². The molecule has 5 rings (SSSR count). The van der Waals surface area contributed by atoms with Gasteiger partial charge in [0.25, 0.3) is 0 Å². The summed E-state index contributed by atoms with van der Waals surface area (Å²) in [6, 6.07) is 7.46. The minimum atomic E-state index is -0.147. The molecule has 4 heteroatoms. The molecule has 1 unspecified atom stereocenters. The zero-order valence-corrected chi connectivity index (χ0v) is 19.0. The molecule has 0 bridgehead atoms. The standard InChI is InChI=1S/C26H34O3S/c1-25-11-9-18(28)14-23(25)16(15-30-19-5-3-17(27)4-6-19)13-20-21-7-8-24(29)26(21,2)12-10-22(20)25/h3-6,14,16,20-22,24,27,29H,7-13,15H2,1-2H3/t16-,20+,21+,22+,24?,25-,26+/m1/s1. The molecule has 0 saturated heterocycles. The van der Waals surface area contributed by atoms with Crippen LogP contribution in [0.1, 0.15) is 58.8 Å². The largest absolute Gasteiger partial charge is 0.508 e. The Labute approximate surface area is 184 Å². The zero-order chi connectivity index (χ0) is 21.1. The fourth-order valence-electron chi connectivity index (χ4n) is 7.65. The summed E-state index contributed by atoms with van der Waals surface area (Å²) in [6.07, 6.45) is 9.12. The van der Waals surface area contributed by atoms with Crippen molar-refractivity contribution < 1.29 is 15.0 Å². The average molecular weight is 427 g/mol. The maximum absolute atomic E-state index is 12.4. The molecule has 0 heterocycles. The average Bonchev–Trinajstić information content (AvgIpc) is 3.03. The number of phenols is 1. The van der Waals surface area contributed by atoms with Crippen LogP contribution in [0.4, 0.5) is 0 Å². The molecule has 162 valence electrons. The van der Waals surface area contributed by atoms with Crippen LogP contribution in [0.5, 0.6) is 5.75 Å². The van der Waals surface area contributed by atoms with Crippen LogP contribution in [-0.4, -0.2) is 27.9 Å². The van der Waals surface area contributed by atoms with Crippen molar-refractivity contribution in [2.24, 2.45) is 34.5 Å². The third kappa shape index (κ3) is 3.17. The molecular weight excluding hydrogens is 392 g/mol. The Kier molecular flexibility index (Phi) is 5.10. The minimum absolute atomic E-state index is 0.0812. The Bertz CT molecular complexity index is 862. The molecule has 4 aliphatic carbocycles. The summed E-state index contributed by atoms with van der Waals surface area (Å²) >= 11 is 1.84. The Morgan fingerprint density at radius 1 is 1.07 bits per heavy atom. The van der Waals surface area contributed by atoms with Crippen molar-refractivity contribution in [1.82, 2.24) is 0 Å². The number of allylic oxidation sites excluding steroid dienone is 1. The zero-order valence-electron chi connectivity index (χ0n) is 18.1. The predicted molar refractivity (Wildman–Crippen MR) is 120 cm³/mol. The first-order valence-corrected chi connectivity index (χ1v) is 12.6. The van der Waals surface area contributed by atoms with Gasteiger partial charge in [0, 0.05) is 17.1 Å². The summed E-state index contributed by atoms with van der Waals surface area (Å²) in [6.45, 7) is 4.78. The van der Waals surface area contributed by atoms with Crippen molar-refractivity contribution in [1.29, 1.82) is 0 Å². The van der Waals surface area contributed by atoms with Crippen molar-refractivity contribution in [3.8, 4) is 5.75 Å². The lowest BCUT2D eigenvalue weighted by Crippen LogP contribution is -2.53. The van der Waals surface area contributed by atoms with E-state index in [4.69, 9.17) is 0 Å². The van der Waals surface area contributed by atoms with Crippen LogP contribution in [0.15, 0.2) is 40.8 Å². The van der Waals surface area contributed by atoms with Crippen LogP contribution in [0.3, 0.4) is 0 Å². The molecule has 4 aliphatic rings. The number of aliphatic hydroxyl groups is 1. The lowest BCUT2D eigenvalue weighted by molar-refractivity contribution is -0.118. The number of thioether (sulfide) groups is 1. The second kappa shape index (κ2) is 7.41. The van der Waals surface area contributed by atoms with Gasteiger partial charge in [0.15, 0.2) is 5.78 Å². The van der Waals surface area contributed by atoms with Crippen molar-refractivity contribution in [3.05, 3.63) is 35.9 Å². The summed E-state index contributed by atoms with van der Waals surface area (Å²) in [5, 5.41) is 20.3. The summed E-state index contributed by atoms with van der Waals surface area (Å²) in [5.74, 6) is 3.92. The van der Waals surface area contributed by atoms with Crippen molar-refractivity contribution >= 4 is 17.5 Å². The predicted octanol–water partition coefficient (Wildman–Crippen LogP) is 5.60. The van der Waals surface area contributed by atoms with Crippen LogP contribution >= 0.6 is 11.8 Å². The Balaban J connectivity index is 1.45. The summed E-state index contributed by atoms with van der Waals surface area (Å²) in [7, 11) is 0. The van der Waals surface area contributed by atoms with E-state index in [2.05, 4.69) is 13.8 Å². The van der Waals surface area contributed by atoms with E-state index in [1.165, 1.54) is 16.9 Å². The highest BCUT2D eigenvalue weighted by molar-refractivity contribution is 7.99. The highest BCUT2D eigenvalue weighted by Gasteiger charge is 2.60. The molecule has 30 heavy (non-hydrogen) atoms. The first kappa shape index (κ1) is 20.6. The van der Waals surface area contributed by atoms with Gasteiger partial charge in [-0.05, 0) is 103 Å². The maximum Gasteiger partial charge on any atom is 0.155 e. The van der Waals surface area contributed by atoms with Gasteiger partial charge < -0.3 is 10.2 Å². The molecule has 0 spiro atoms. The van der Waals surface area contributed by atoms with Crippen molar-refractivity contribution in [2.75, 3.05) is 5.75 Å². The third-order valence-corrected chi connectivity index (χ3v) is 10.5. The number of carbonyl (C=O) groups excluding carboxylic acids is 1. The number of aliphatic hydroxyl groups excluding tert-OH is 1. The lowest BCUT2D eigenvalue weighted by atomic mass is 9.45. The summed E-state index contributed by atoms with van der Waals surface area (Å²) in [4.78, 5) is 13.6. The molecule has 0 aliphatic heterocycles. The van der Waals surface area contributed by atoms with E-state index in [0.717, 1.165) is 37.9 Å². The highest BCUT2D eigenvalue weighted by atomic mass is 32.2. The van der Waals surface area contributed by atoms with Gasteiger partial charge in [-0.2, -0.15) is 0 Å². The molecule has 3 fully saturated rings. The number of aromatic hydroxyl groups is 1. The Hall–Kier alpha value is -1.26. The Morgan fingerprint density at radius 2 is 1.83 bits per heavy atom. The van der Waals surface area contributed by atoms with Crippen LogP contribution < -0.4 is 0 Å². The molecular formula is C26H34O3S. The quantitative estimate of drug-likeness (QED) is 0.618. The van der Waals surface area contributed by atoms with Gasteiger partial charge in [-0.25, -0.2) is 0 Å². The number of hydrogen-bond acceptors (Lipinski definition) is 4. The van der Waals surface area contributed by atoms with Gasteiger partial charge in [-0.15, -0.1) is 11.8 Å². The lowest BCUT2D eigenvalue weighted by Gasteiger charge is -2.59. The molecule has 1 aromatic rings. The molecule has 7 atom stereocenters. The Morgan fingerprint density at radius 3 is 2.60 bits per heavy atom.